The van der Waals surface area contributed by atoms with Crippen molar-refractivity contribution in [3.8, 4) is 0 Å². The van der Waals surface area contributed by atoms with Crippen LogP contribution in [0.2, 0.25) is 0 Å². The van der Waals surface area contributed by atoms with E-state index in [4.69, 9.17) is 0 Å². The predicted molar refractivity (Wildman–Crippen MR) is 70.0 cm³/mol. The minimum atomic E-state index is 0.849. The van der Waals surface area contributed by atoms with E-state index in [9.17, 15) is 0 Å². The lowest BCUT2D eigenvalue weighted by atomic mass is 10.1. The van der Waals surface area contributed by atoms with Crippen LogP contribution in [-0.2, 0) is 13.1 Å². The average molecular weight is 229 g/mol. The van der Waals surface area contributed by atoms with Crippen LogP contribution in [0.4, 0.5) is 0 Å². The van der Waals surface area contributed by atoms with Gasteiger partial charge >= 0.3 is 0 Å². The van der Waals surface area contributed by atoms with Gasteiger partial charge in [-0.2, -0.15) is 5.10 Å². The number of benzene rings is 1. The SMILES string of the molecule is CNCc1cnn(Cc2ccccc2C)c1C. The molecule has 1 aromatic heterocycles. The van der Waals surface area contributed by atoms with E-state index >= 15 is 0 Å². The van der Waals surface area contributed by atoms with Crippen LogP contribution >= 0.6 is 0 Å². The molecule has 1 heterocycles. The van der Waals surface area contributed by atoms with E-state index in [1.807, 2.05) is 13.2 Å². The summed E-state index contributed by atoms with van der Waals surface area (Å²) in [5.41, 5.74) is 5.15. The van der Waals surface area contributed by atoms with E-state index < -0.39 is 0 Å². The maximum absolute atomic E-state index is 4.45. The van der Waals surface area contributed by atoms with Crippen molar-refractivity contribution < 1.29 is 0 Å². The van der Waals surface area contributed by atoms with Crippen LogP contribution in [0.25, 0.3) is 0 Å². The fourth-order valence-electron chi connectivity index (χ4n) is 1.96. The van der Waals surface area contributed by atoms with Gasteiger partial charge in [0.2, 0.25) is 0 Å². The molecule has 3 nitrogen and oxygen atoms in total. The molecule has 3 heteroatoms. The van der Waals surface area contributed by atoms with Gasteiger partial charge in [0.25, 0.3) is 0 Å². The number of aromatic nitrogens is 2. The molecule has 0 spiro atoms. The maximum atomic E-state index is 4.45. The predicted octanol–water partition coefficient (Wildman–Crippen LogP) is 2.27. The first kappa shape index (κ1) is 11.9. The van der Waals surface area contributed by atoms with Crippen molar-refractivity contribution in [1.29, 1.82) is 0 Å². The molecular formula is C14H19N3. The highest BCUT2D eigenvalue weighted by atomic mass is 15.3. The fourth-order valence-corrected chi connectivity index (χ4v) is 1.96. The van der Waals surface area contributed by atoms with E-state index in [0.29, 0.717) is 0 Å². The minimum Gasteiger partial charge on any atom is -0.316 e. The van der Waals surface area contributed by atoms with Gasteiger partial charge in [-0.3, -0.25) is 4.68 Å². The molecule has 90 valence electrons. The number of nitrogens with one attached hydrogen (secondary N) is 1. The Morgan fingerprint density at radius 2 is 1.94 bits per heavy atom. The molecule has 2 rings (SSSR count). The standard InChI is InChI=1S/C14H19N3/c1-11-6-4-5-7-13(11)10-17-12(2)14(8-15-3)9-16-17/h4-7,9,15H,8,10H2,1-3H3. The molecule has 0 unspecified atom stereocenters. The van der Waals surface area contributed by atoms with Crippen molar-refractivity contribution in [3.05, 3.63) is 52.8 Å². The molecule has 0 amide bonds. The van der Waals surface area contributed by atoms with E-state index in [0.717, 1.165) is 13.1 Å². The first-order valence-corrected chi connectivity index (χ1v) is 5.92. The van der Waals surface area contributed by atoms with Gasteiger partial charge in [0, 0.05) is 17.8 Å². The summed E-state index contributed by atoms with van der Waals surface area (Å²) < 4.78 is 2.06. The first-order chi connectivity index (χ1) is 8.22. The average Bonchev–Trinajstić information content (AvgIpc) is 2.65. The number of nitrogens with zero attached hydrogens (tertiary/aromatic N) is 2. The minimum absolute atomic E-state index is 0.849. The quantitative estimate of drug-likeness (QED) is 0.871. The fraction of sp³-hybridized carbons (Fsp3) is 0.357. The van der Waals surface area contributed by atoms with Gasteiger partial charge in [-0.25, -0.2) is 0 Å². The third-order valence-corrected chi connectivity index (χ3v) is 3.15. The molecular weight excluding hydrogens is 210 g/mol. The molecule has 0 fully saturated rings. The maximum Gasteiger partial charge on any atom is 0.0665 e. The van der Waals surface area contributed by atoms with Crippen LogP contribution in [0.1, 0.15) is 22.4 Å². The van der Waals surface area contributed by atoms with E-state index in [2.05, 4.69) is 53.2 Å². The lowest BCUT2D eigenvalue weighted by molar-refractivity contribution is 0.659. The molecule has 0 saturated heterocycles. The lowest BCUT2D eigenvalue weighted by Crippen LogP contribution is -2.08. The van der Waals surface area contributed by atoms with Gasteiger partial charge in [-0.1, -0.05) is 24.3 Å². The molecule has 17 heavy (non-hydrogen) atoms. The smallest absolute Gasteiger partial charge is 0.0665 e. The van der Waals surface area contributed by atoms with E-state index in [1.54, 1.807) is 0 Å². The van der Waals surface area contributed by atoms with Crippen LogP contribution in [0.3, 0.4) is 0 Å². The monoisotopic (exact) mass is 229 g/mol. The van der Waals surface area contributed by atoms with Gasteiger partial charge in [0.05, 0.1) is 12.7 Å². The lowest BCUT2D eigenvalue weighted by Gasteiger charge is -2.08. The summed E-state index contributed by atoms with van der Waals surface area (Å²) in [6, 6.07) is 8.45. The normalized spacial score (nSPS) is 10.8. The summed E-state index contributed by atoms with van der Waals surface area (Å²) in [4.78, 5) is 0. The van der Waals surface area contributed by atoms with Crippen molar-refractivity contribution in [1.82, 2.24) is 15.1 Å². The second-order valence-corrected chi connectivity index (χ2v) is 4.37. The number of hydrogen-bond donors (Lipinski definition) is 1. The Morgan fingerprint density at radius 3 is 2.65 bits per heavy atom. The van der Waals surface area contributed by atoms with Crippen molar-refractivity contribution in [2.75, 3.05) is 7.05 Å². The molecule has 0 aliphatic carbocycles. The zero-order chi connectivity index (χ0) is 12.3. The van der Waals surface area contributed by atoms with E-state index in [1.165, 1.54) is 22.4 Å². The van der Waals surface area contributed by atoms with Crippen molar-refractivity contribution >= 4 is 0 Å². The Balaban J connectivity index is 2.22. The second-order valence-electron chi connectivity index (χ2n) is 4.37. The zero-order valence-electron chi connectivity index (χ0n) is 10.7. The molecule has 1 aromatic carbocycles. The second kappa shape index (κ2) is 5.15. The molecule has 0 aliphatic heterocycles. The molecule has 0 saturated carbocycles. The summed E-state index contributed by atoms with van der Waals surface area (Å²) >= 11 is 0. The first-order valence-electron chi connectivity index (χ1n) is 5.92. The summed E-state index contributed by atoms with van der Waals surface area (Å²) in [6.45, 7) is 5.99. The van der Waals surface area contributed by atoms with Crippen LogP contribution in [0.5, 0.6) is 0 Å². The summed E-state index contributed by atoms with van der Waals surface area (Å²) in [6.07, 6.45) is 1.95. The Morgan fingerprint density at radius 1 is 1.18 bits per heavy atom. The third-order valence-electron chi connectivity index (χ3n) is 3.15. The number of aryl methyl sites for hydroxylation is 1. The number of hydrogen-bond acceptors (Lipinski definition) is 2. The van der Waals surface area contributed by atoms with Crippen molar-refractivity contribution in [2.24, 2.45) is 0 Å². The zero-order valence-corrected chi connectivity index (χ0v) is 10.7. The van der Waals surface area contributed by atoms with Crippen LogP contribution < -0.4 is 5.32 Å². The summed E-state index contributed by atoms with van der Waals surface area (Å²) in [5.74, 6) is 0. The van der Waals surface area contributed by atoms with Crippen LogP contribution in [0.15, 0.2) is 30.5 Å². The molecule has 0 radical (unpaired) electrons. The molecule has 0 atom stereocenters. The van der Waals surface area contributed by atoms with E-state index in [-0.39, 0.29) is 0 Å². The van der Waals surface area contributed by atoms with Gasteiger partial charge in [0.1, 0.15) is 0 Å². The van der Waals surface area contributed by atoms with Gasteiger partial charge in [-0.05, 0) is 32.0 Å². The summed E-state index contributed by atoms with van der Waals surface area (Å²) in [5, 5.41) is 7.61. The number of rotatable bonds is 4. The molecule has 0 aliphatic rings. The third kappa shape index (κ3) is 2.56. The van der Waals surface area contributed by atoms with Gasteiger partial charge in [-0.15, -0.1) is 0 Å². The summed E-state index contributed by atoms with van der Waals surface area (Å²) in [7, 11) is 1.96. The highest BCUT2D eigenvalue weighted by molar-refractivity contribution is 5.26. The molecule has 0 bridgehead atoms. The topological polar surface area (TPSA) is 29.9 Å². The van der Waals surface area contributed by atoms with Gasteiger partial charge in [0.15, 0.2) is 0 Å². The van der Waals surface area contributed by atoms with Crippen LogP contribution in [-0.4, -0.2) is 16.8 Å². The van der Waals surface area contributed by atoms with Crippen LogP contribution in [0, 0.1) is 13.8 Å². The highest BCUT2D eigenvalue weighted by Gasteiger charge is 2.06. The highest BCUT2D eigenvalue weighted by Crippen LogP contribution is 2.12. The Bertz CT molecular complexity index is 500. The Hall–Kier alpha value is -1.61. The Kier molecular flexibility index (Phi) is 3.59. The van der Waals surface area contributed by atoms with Gasteiger partial charge < -0.3 is 5.32 Å². The largest absolute Gasteiger partial charge is 0.316 e. The molecule has 2 aromatic rings. The van der Waals surface area contributed by atoms with Crippen molar-refractivity contribution in [3.63, 3.8) is 0 Å². The molecule has 1 N–H and O–H groups in total. The van der Waals surface area contributed by atoms with Crippen molar-refractivity contribution in [2.45, 2.75) is 26.9 Å². The Labute approximate surface area is 102 Å².